The summed E-state index contributed by atoms with van der Waals surface area (Å²) in [4.78, 5) is 24.1. The number of aromatic nitrogens is 3. The number of ether oxygens (including phenoxy) is 1. The van der Waals surface area contributed by atoms with Gasteiger partial charge in [0.25, 0.3) is 5.91 Å². The third-order valence-electron chi connectivity index (χ3n) is 4.24. The molecule has 0 aliphatic rings. The van der Waals surface area contributed by atoms with Crippen molar-refractivity contribution in [3.8, 4) is 0 Å². The van der Waals surface area contributed by atoms with Crippen molar-refractivity contribution in [3.63, 3.8) is 0 Å². The van der Waals surface area contributed by atoms with Gasteiger partial charge < -0.3 is 10.1 Å². The van der Waals surface area contributed by atoms with Crippen LogP contribution < -0.4 is 5.32 Å². The Labute approximate surface area is 189 Å². The third kappa shape index (κ3) is 5.69. The summed E-state index contributed by atoms with van der Waals surface area (Å²) in [6.07, 6.45) is 1.42. The fourth-order valence-corrected chi connectivity index (χ4v) is 4.01. The Hall–Kier alpha value is -3.28. The molecule has 168 valence electrons. The predicted octanol–water partition coefficient (Wildman–Crippen LogP) is 2.03. The van der Waals surface area contributed by atoms with Gasteiger partial charge in [0.15, 0.2) is 12.3 Å². The molecule has 12 heteroatoms. The van der Waals surface area contributed by atoms with Gasteiger partial charge in [-0.25, -0.2) is 22.2 Å². The highest BCUT2D eigenvalue weighted by atomic mass is 35.5. The molecule has 0 saturated heterocycles. The van der Waals surface area contributed by atoms with Gasteiger partial charge >= 0.3 is 5.97 Å². The van der Waals surface area contributed by atoms with Crippen LogP contribution in [0.2, 0.25) is 5.02 Å². The molecule has 0 unspecified atom stereocenters. The molecule has 1 aromatic heterocycles. The topological polar surface area (TPSA) is 123 Å². The summed E-state index contributed by atoms with van der Waals surface area (Å²) < 4.78 is 32.1. The first-order valence-corrected chi connectivity index (χ1v) is 11.1. The van der Waals surface area contributed by atoms with Crippen LogP contribution in [0.15, 0.2) is 59.6 Å². The summed E-state index contributed by atoms with van der Waals surface area (Å²) in [6, 6.07) is 13.5. The largest absolute Gasteiger partial charge is 0.451 e. The number of nitrogens with one attached hydrogen (secondary N) is 1. The molecule has 0 bridgehead atoms. The van der Waals surface area contributed by atoms with Gasteiger partial charge in [0.2, 0.25) is 10.0 Å². The standard InChI is InChI=1S/C20H20ClN5O5S/c1-25(2)32(29,30)18-10-15(8-9-16(18)21)22-19(27)13-31-20(28)17-12-26(24-23-17)11-14-6-4-3-5-7-14/h3-10,12H,11,13H2,1-2H3,(H,22,27). The van der Waals surface area contributed by atoms with Crippen LogP contribution in [0.4, 0.5) is 5.69 Å². The average molecular weight is 478 g/mol. The Morgan fingerprint density at radius 3 is 2.56 bits per heavy atom. The zero-order valence-electron chi connectivity index (χ0n) is 17.2. The number of carbonyl (C=O) groups is 2. The number of amides is 1. The predicted molar refractivity (Wildman–Crippen MR) is 117 cm³/mol. The number of sulfonamides is 1. The van der Waals surface area contributed by atoms with Crippen LogP contribution in [0, 0.1) is 0 Å². The van der Waals surface area contributed by atoms with Crippen molar-refractivity contribution >= 4 is 39.2 Å². The molecule has 3 rings (SSSR count). The zero-order chi connectivity index (χ0) is 23.3. The van der Waals surface area contributed by atoms with Crippen molar-refractivity contribution in [3.05, 3.63) is 71.0 Å². The van der Waals surface area contributed by atoms with Crippen molar-refractivity contribution in [1.29, 1.82) is 0 Å². The lowest BCUT2D eigenvalue weighted by Crippen LogP contribution is -2.23. The van der Waals surface area contributed by atoms with E-state index in [-0.39, 0.29) is 21.3 Å². The quantitative estimate of drug-likeness (QED) is 0.492. The van der Waals surface area contributed by atoms with Crippen molar-refractivity contribution in [2.45, 2.75) is 11.4 Å². The molecular weight excluding hydrogens is 458 g/mol. The van der Waals surface area contributed by atoms with E-state index in [1.54, 1.807) is 0 Å². The van der Waals surface area contributed by atoms with Crippen molar-refractivity contribution < 1.29 is 22.7 Å². The van der Waals surface area contributed by atoms with Crippen LogP contribution in [-0.4, -0.2) is 60.3 Å². The van der Waals surface area contributed by atoms with Crippen LogP contribution in [0.5, 0.6) is 0 Å². The smallest absolute Gasteiger partial charge is 0.361 e. The van der Waals surface area contributed by atoms with E-state index in [2.05, 4.69) is 15.6 Å². The number of hydrogen-bond acceptors (Lipinski definition) is 7. The maximum atomic E-state index is 12.3. The highest BCUT2D eigenvalue weighted by molar-refractivity contribution is 7.89. The molecule has 32 heavy (non-hydrogen) atoms. The highest BCUT2D eigenvalue weighted by Gasteiger charge is 2.22. The number of rotatable bonds is 8. The maximum absolute atomic E-state index is 12.3. The number of anilines is 1. The number of hydrogen-bond donors (Lipinski definition) is 1. The summed E-state index contributed by atoms with van der Waals surface area (Å²) in [5, 5.41) is 10.1. The van der Waals surface area contributed by atoms with E-state index >= 15 is 0 Å². The van der Waals surface area contributed by atoms with Crippen molar-refractivity contribution in [2.24, 2.45) is 0 Å². The lowest BCUT2D eigenvalue weighted by Gasteiger charge is -2.14. The maximum Gasteiger partial charge on any atom is 0.361 e. The Balaban J connectivity index is 1.58. The summed E-state index contributed by atoms with van der Waals surface area (Å²) >= 11 is 5.98. The molecule has 0 aliphatic heterocycles. The summed E-state index contributed by atoms with van der Waals surface area (Å²) in [6.45, 7) is -0.168. The fraction of sp³-hybridized carbons (Fsp3) is 0.200. The van der Waals surface area contributed by atoms with Gasteiger partial charge in [0, 0.05) is 19.8 Å². The molecule has 3 aromatic rings. The monoisotopic (exact) mass is 477 g/mol. The van der Waals surface area contributed by atoms with Crippen molar-refractivity contribution in [1.82, 2.24) is 19.3 Å². The molecule has 0 spiro atoms. The van der Waals surface area contributed by atoms with Gasteiger partial charge in [-0.15, -0.1) is 5.10 Å². The second-order valence-electron chi connectivity index (χ2n) is 6.84. The van der Waals surface area contributed by atoms with E-state index in [0.717, 1.165) is 9.87 Å². The number of esters is 1. The van der Waals surface area contributed by atoms with E-state index in [1.165, 1.54) is 43.2 Å². The lowest BCUT2D eigenvalue weighted by molar-refractivity contribution is -0.119. The number of nitrogens with zero attached hydrogens (tertiary/aromatic N) is 4. The first kappa shape index (κ1) is 23.4. The van der Waals surface area contributed by atoms with E-state index < -0.39 is 28.5 Å². The summed E-state index contributed by atoms with van der Waals surface area (Å²) in [5.41, 5.74) is 1.12. The van der Waals surface area contributed by atoms with E-state index in [9.17, 15) is 18.0 Å². The number of carbonyl (C=O) groups excluding carboxylic acids is 2. The Morgan fingerprint density at radius 2 is 1.88 bits per heavy atom. The van der Waals surface area contributed by atoms with Gasteiger partial charge in [0.05, 0.1) is 17.8 Å². The van der Waals surface area contributed by atoms with Gasteiger partial charge in [-0.1, -0.05) is 47.1 Å². The molecule has 0 saturated carbocycles. The molecule has 2 aromatic carbocycles. The van der Waals surface area contributed by atoms with Crippen LogP contribution >= 0.6 is 11.6 Å². The molecule has 1 N–H and O–H groups in total. The average Bonchev–Trinajstić information content (AvgIpc) is 3.22. The number of benzene rings is 2. The first-order valence-electron chi connectivity index (χ1n) is 9.30. The van der Waals surface area contributed by atoms with Crippen LogP contribution in [-0.2, 0) is 26.1 Å². The molecule has 0 fully saturated rings. The van der Waals surface area contributed by atoms with E-state index in [0.29, 0.717) is 6.54 Å². The Bertz CT molecular complexity index is 1230. The van der Waals surface area contributed by atoms with E-state index in [1.807, 2.05) is 30.3 Å². The molecule has 10 nitrogen and oxygen atoms in total. The second kappa shape index (κ2) is 9.90. The normalized spacial score (nSPS) is 11.4. The van der Waals surface area contributed by atoms with Gasteiger partial charge in [-0.3, -0.25) is 4.79 Å². The SMILES string of the molecule is CN(C)S(=O)(=O)c1cc(NC(=O)COC(=O)c2cn(Cc3ccccc3)nn2)ccc1Cl. The minimum atomic E-state index is -3.80. The molecule has 1 heterocycles. The third-order valence-corrected chi connectivity index (χ3v) is 6.54. The van der Waals surface area contributed by atoms with Gasteiger partial charge in [-0.05, 0) is 23.8 Å². The zero-order valence-corrected chi connectivity index (χ0v) is 18.8. The summed E-state index contributed by atoms with van der Waals surface area (Å²) in [5.74, 6) is -1.48. The van der Waals surface area contributed by atoms with Crippen LogP contribution in [0.1, 0.15) is 16.1 Å². The Morgan fingerprint density at radius 1 is 1.16 bits per heavy atom. The minimum Gasteiger partial charge on any atom is -0.451 e. The molecule has 0 radical (unpaired) electrons. The highest BCUT2D eigenvalue weighted by Crippen LogP contribution is 2.26. The van der Waals surface area contributed by atoms with Gasteiger partial charge in [-0.2, -0.15) is 0 Å². The molecule has 1 amide bonds. The lowest BCUT2D eigenvalue weighted by atomic mass is 10.2. The van der Waals surface area contributed by atoms with Gasteiger partial charge in [0.1, 0.15) is 4.90 Å². The second-order valence-corrected chi connectivity index (χ2v) is 9.37. The van der Waals surface area contributed by atoms with Crippen molar-refractivity contribution in [2.75, 3.05) is 26.0 Å². The van der Waals surface area contributed by atoms with Crippen LogP contribution in [0.3, 0.4) is 0 Å². The van der Waals surface area contributed by atoms with E-state index in [4.69, 9.17) is 16.3 Å². The number of halogens is 1. The minimum absolute atomic E-state index is 0.0155. The summed E-state index contributed by atoms with van der Waals surface area (Å²) in [7, 11) is -1.07. The Kier molecular flexibility index (Phi) is 7.23. The molecular formula is C20H20ClN5O5S. The molecule has 0 atom stereocenters. The van der Waals surface area contributed by atoms with Crippen LogP contribution in [0.25, 0.3) is 0 Å². The first-order chi connectivity index (χ1) is 15.2. The molecule has 0 aliphatic carbocycles. The fourth-order valence-electron chi connectivity index (χ4n) is 2.62.